The third-order valence-electron chi connectivity index (χ3n) is 5.83. The van der Waals surface area contributed by atoms with E-state index in [2.05, 4.69) is 9.88 Å². The average molecular weight is 446 g/mol. The number of aromatic nitrogens is 1. The maximum absolute atomic E-state index is 13.7. The Kier molecular flexibility index (Phi) is 5.19. The van der Waals surface area contributed by atoms with Crippen molar-refractivity contribution in [3.8, 4) is 5.69 Å². The number of benzene rings is 3. The molecule has 0 fully saturated rings. The lowest BCUT2D eigenvalue weighted by Gasteiger charge is -2.31. The van der Waals surface area contributed by atoms with Gasteiger partial charge in [-0.15, -0.1) is 0 Å². The van der Waals surface area contributed by atoms with Crippen LogP contribution < -0.4 is 5.32 Å². The Hall–Kier alpha value is -3.57. The summed E-state index contributed by atoms with van der Waals surface area (Å²) in [4.78, 5) is 15.4. The van der Waals surface area contributed by atoms with Gasteiger partial charge in [0.15, 0.2) is 0 Å². The van der Waals surface area contributed by atoms with E-state index in [1.165, 1.54) is 12.1 Å². The van der Waals surface area contributed by atoms with Crippen molar-refractivity contribution in [2.45, 2.75) is 19.5 Å². The minimum absolute atomic E-state index is 0.260. The molecule has 0 bridgehead atoms. The van der Waals surface area contributed by atoms with Crippen LogP contribution in [-0.4, -0.2) is 15.5 Å². The Balaban J connectivity index is 1.61. The van der Waals surface area contributed by atoms with Crippen molar-refractivity contribution in [2.24, 2.45) is 0 Å². The molecule has 32 heavy (non-hydrogen) atoms. The summed E-state index contributed by atoms with van der Waals surface area (Å²) >= 11 is 6.26. The Bertz CT molecular complexity index is 1300. The van der Waals surface area contributed by atoms with Crippen LogP contribution in [0.2, 0.25) is 5.02 Å². The standard InChI is InChI=1S/C26H21ClFN3O/c1-17-8-13-21(15-22(17)27)29-26(32)31-16-19-5-2-3-6-23(19)30-14-4-7-24(30)25(31)18-9-11-20(28)12-10-18/h2-15,25H,16H2,1H3,(H,29,32)/t25-/m1/s1. The summed E-state index contributed by atoms with van der Waals surface area (Å²) in [5.74, 6) is -0.314. The van der Waals surface area contributed by atoms with Gasteiger partial charge in [0.1, 0.15) is 5.82 Å². The number of hydrogen-bond acceptors (Lipinski definition) is 1. The maximum Gasteiger partial charge on any atom is 0.322 e. The zero-order valence-corrected chi connectivity index (χ0v) is 18.2. The number of hydrogen-bond donors (Lipinski definition) is 1. The molecule has 1 atom stereocenters. The number of aryl methyl sites for hydroxylation is 1. The fourth-order valence-corrected chi connectivity index (χ4v) is 4.38. The number of para-hydroxylation sites is 1. The Labute approximate surface area is 190 Å². The van der Waals surface area contributed by atoms with Crippen LogP contribution in [0, 0.1) is 12.7 Å². The van der Waals surface area contributed by atoms with Crippen molar-refractivity contribution in [1.29, 1.82) is 0 Å². The summed E-state index contributed by atoms with van der Waals surface area (Å²) in [6, 6.07) is 23.1. The first-order chi connectivity index (χ1) is 15.5. The van der Waals surface area contributed by atoms with Gasteiger partial charge in [-0.3, -0.25) is 0 Å². The Morgan fingerprint density at radius 2 is 1.81 bits per heavy atom. The van der Waals surface area contributed by atoms with Gasteiger partial charge >= 0.3 is 6.03 Å². The van der Waals surface area contributed by atoms with Gasteiger partial charge in [-0.25, -0.2) is 9.18 Å². The van der Waals surface area contributed by atoms with Gasteiger partial charge in [0.05, 0.1) is 18.3 Å². The molecular weight excluding hydrogens is 425 g/mol. The largest absolute Gasteiger partial charge is 0.322 e. The highest BCUT2D eigenvalue weighted by Crippen LogP contribution is 2.37. The predicted molar refractivity (Wildman–Crippen MR) is 125 cm³/mol. The molecule has 0 saturated heterocycles. The Morgan fingerprint density at radius 3 is 2.59 bits per heavy atom. The zero-order valence-electron chi connectivity index (χ0n) is 17.4. The minimum Gasteiger partial charge on any atom is -0.318 e. The highest BCUT2D eigenvalue weighted by Gasteiger charge is 2.33. The molecule has 0 unspecified atom stereocenters. The quantitative estimate of drug-likeness (QED) is 0.365. The molecule has 3 aromatic carbocycles. The molecule has 2 heterocycles. The molecule has 0 aliphatic carbocycles. The lowest BCUT2D eigenvalue weighted by Crippen LogP contribution is -2.37. The van der Waals surface area contributed by atoms with Crippen LogP contribution in [0.5, 0.6) is 0 Å². The number of nitrogens with zero attached hydrogens (tertiary/aromatic N) is 2. The van der Waals surface area contributed by atoms with Crippen molar-refractivity contribution in [3.63, 3.8) is 0 Å². The molecule has 1 aromatic heterocycles. The van der Waals surface area contributed by atoms with Crippen molar-refractivity contribution in [1.82, 2.24) is 9.47 Å². The van der Waals surface area contributed by atoms with Crippen molar-refractivity contribution >= 4 is 23.3 Å². The van der Waals surface area contributed by atoms with E-state index in [0.717, 1.165) is 28.1 Å². The van der Waals surface area contributed by atoms with E-state index in [4.69, 9.17) is 11.6 Å². The molecule has 0 spiro atoms. The van der Waals surface area contributed by atoms with Crippen molar-refractivity contribution in [2.75, 3.05) is 5.32 Å². The van der Waals surface area contributed by atoms with Crippen LogP contribution >= 0.6 is 11.6 Å². The zero-order chi connectivity index (χ0) is 22.2. The summed E-state index contributed by atoms with van der Waals surface area (Å²) in [5, 5.41) is 3.58. The predicted octanol–water partition coefficient (Wildman–Crippen LogP) is 6.72. The van der Waals surface area contributed by atoms with Crippen LogP contribution in [0.4, 0.5) is 14.9 Å². The molecule has 1 N–H and O–H groups in total. The van der Waals surface area contributed by atoms with Crippen LogP contribution in [0.25, 0.3) is 5.69 Å². The first-order valence-electron chi connectivity index (χ1n) is 10.4. The molecule has 1 aliphatic rings. The van der Waals surface area contributed by atoms with Crippen LogP contribution in [0.1, 0.15) is 28.4 Å². The number of carbonyl (C=O) groups excluding carboxylic acids is 1. The van der Waals surface area contributed by atoms with E-state index in [-0.39, 0.29) is 11.8 Å². The normalized spacial score (nSPS) is 15.0. The number of amides is 2. The van der Waals surface area contributed by atoms with Gasteiger partial charge in [0.25, 0.3) is 0 Å². The van der Waals surface area contributed by atoms with Crippen LogP contribution in [0.15, 0.2) is 85.1 Å². The molecule has 4 nitrogen and oxygen atoms in total. The molecular formula is C26H21ClFN3O. The number of urea groups is 1. The van der Waals surface area contributed by atoms with E-state index in [9.17, 15) is 9.18 Å². The molecule has 2 amide bonds. The molecule has 4 aromatic rings. The average Bonchev–Trinajstić information content (AvgIpc) is 3.21. The Morgan fingerprint density at radius 1 is 1.03 bits per heavy atom. The van der Waals surface area contributed by atoms with Gasteiger partial charge in [-0.1, -0.05) is 48.0 Å². The van der Waals surface area contributed by atoms with Crippen molar-refractivity contribution < 1.29 is 9.18 Å². The van der Waals surface area contributed by atoms with Crippen LogP contribution in [-0.2, 0) is 6.54 Å². The number of anilines is 1. The van der Waals surface area contributed by atoms with Crippen molar-refractivity contribution in [3.05, 3.63) is 118 Å². The fourth-order valence-electron chi connectivity index (χ4n) is 4.20. The highest BCUT2D eigenvalue weighted by atomic mass is 35.5. The number of fused-ring (bicyclic) bond motifs is 3. The maximum atomic E-state index is 13.7. The second-order valence-corrected chi connectivity index (χ2v) is 8.32. The lowest BCUT2D eigenvalue weighted by atomic mass is 10.0. The molecule has 0 radical (unpaired) electrons. The van der Waals surface area contributed by atoms with E-state index in [1.807, 2.05) is 61.7 Å². The minimum atomic E-state index is -0.404. The molecule has 160 valence electrons. The third kappa shape index (κ3) is 3.65. The summed E-state index contributed by atoms with van der Waals surface area (Å²) < 4.78 is 15.8. The second-order valence-electron chi connectivity index (χ2n) is 7.91. The first-order valence-corrected chi connectivity index (χ1v) is 10.7. The van der Waals surface area contributed by atoms with E-state index in [0.29, 0.717) is 17.3 Å². The van der Waals surface area contributed by atoms with Gasteiger partial charge < -0.3 is 14.8 Å². The summed E-state index contributed by atoms with van der Waals surface area (Å²) in [6.07, 6.45) is 1.99. The van der Waals surface area contributed by atoms with Crippen LogP contribution in [0.3, 0.4) is 0 Å². The number of carbonyl (C=O) groups is 1. The van der Waals surface area contributed by atoms with E-state index >= 15 is 0 Å². The topological polar surface area (TPSA) is 37.3 Å². The van der Waals surface area contributed by atoms with Gasteiger partial charge in [0.2, 0.25) is 0 Å². The molecule has 0 saturated carbocycles. The van der Waals surface area contributed by atoms with E-state index in [1.54, 1.807) is 23.1 Å². The van der Waals surface area contributed by atoms with Gasteiger partial charge in [0, 0.05) is 22.6 Å². The SMILES string of the molecule is Cc1ccc(NC(=O)N2Cc3ccccc3-n3cccc3[C@H]2c2ccc(F)cc2)cc1Cl. The third-order valence-corrected chi connectivity index (χ3v) is 6.24. The fraction of sp³-hybridized carbons (Fsp3) is 0.115. The number of nitrogens with one attached hydrogen (secondary N) is 1. The summed E-state index contributed by atoms with van der Waals surface area (Å²) in [6.45, 7) is 2.31. The molecule has 6 heteroatoms. The van der Waals surface area contributed by atoms with Gasteiger partial charge in [-0.05, 0) is 66.1 Å². The second kappa shape index (κ2) is 8.17. The lowest BCUT2D eigenvalue weighted by molar-refractivity contribution is 0.194. The van der Waals surface area contributed by atoms with E-state index < -0.39 is 6.04 Å². The first kappa shape index (κ1) is 20.3. The molecule has 5 rings (SSSR count). The number of rotatable bonds is 2. The molecule has 1 aliphatic heterocycles. The summed E-state index contributed by atoms with van der Waals surface area (Å²) in [5.41, 5.74) is 5.36. The smallest absolute Gasteiger partial charge is 0.318 e. The van der Waals surface area contributed by atoms with Gasteiger partial charge in [-0.2, -0.15) is 0 Å². The number of halogens is 2. The highest BCUT2D eigenvalue weighted by molar-refractivity contribution is 6.31. The monoisotopic (exact) mass is 445 g/mol. The summed E-state index contributed by atoms with van der Waals surface area (Å²) in [7, 11) is 0.